The van der Waals surface area contributed by atoms with Gasteiger partial charge in [-0.2, -0.15) is 0 Å². The quantitative estimate of drug-likeness (QED) is 0.744. The molecule has 14 heavy (non-hydrogen) atoms. The molecule has 0 aliphatic carbocycles. The molecule has 84 valence electrons. The van der Waals surface area contributed by atoms with Crippen molar-refractivity contribution in [2.45, 2.75) is 52.6 Å². The average Bonchev–Trinajstić information content (AvgIpc) is 2.16. The lowest BCUT2D eigenvalue weighted by Gasteiger charge is -2.36. The van der Waals surface area contributed by atoms with Gasteiger partial charge in [-0.25, -0.2) is 0 Å². The molecular formula is C12H26N2. The standard InChI is InChI=1S/C12H26N2/c1-5-14(10(2)3)9-12-11(4)7-6-8-13-12/h10-13H,5-9H2,1-4H3. The van der Waals surface area contributed by atoms with Crippen LogP contribution in [0.1, 0.15) is 40.5 Å². The highest BCUT2D eigenvalue weighted by Gasteiger charge is 2.23. The van der Waals surface area contributed by atoms with Gasteiger partial charge in [0.25, 0.3) is 0 Å². The molecule has 0 radical (unpaired) electrons. The lowest BCUT2D eigenvalue weighted by atomic mass is 9.92. The van der Waals surface area contributed by atoms with Crippen LogP contribution in [0.5, 0.6) is 0 Å². The Labute approximate surface area is 89.1 Å². The summed E-state index contributed by atoms with van der Waals surface area (Å²) in [7, 11) is 0. The highest BCUT2D eigenvalue weighted by atomic mass is 15.2. The van der Waals surface area contributed by atoms with E-state index in [1.165, 1.54) is 32.5 Å². The van der Waals surface area contributed by atoms with Crippen LogP contribution in [0, 0.1) is 5.92 Å². The molecule has 2 nitrogen and oxygen atoms in total. The van der Waals surface area contributed by atoms with Crippen LogP contribution in [0.3, 0.4) is 0 Å². The second kappa shape index (κ2) is 5.72. The number of nitrogens with one attached hydrogen (secondary N) is 1. The van der Waals surface area contributed by atoms with Crippen molar-refractivity contribution < 1.29 is 0 Å². The molecule has 0 amide bonds. The second-order valence-electron chi connectivity index (χ2n) is 4.86. The molecule has 0 aromatic heterocycles. The van der Waals surface area contributed by atoms with Crippen LogP contribution in [0.25, 0.3) is 0 Å². The highest BCUT2D eigenvalue weighted by molar-refractivity contribution is 4.81. The first-order valence-corrected chi connectivity index (χ1v) is 6.12. The lowest BCUT2D eigenvalue weighted by Crippen LogP contribution is -2.49. The molecule has 0 aromatic rings. The maximum absolute atomic E-state index is 3.65. The number of hydrogen-bond acceptors (Lipinski definition) is 2. The monoisotopic (exact) mass is 198 g/mol. The summed E-state index contributed by atoms with van der Waals surface area (Å²) >= 11 is 0. The molecule has 0 saturated carbocycles. The summed E-state index contributed by atoms with van der Waals surface area (Å²) in [6.07, 6.45) is 2.75. The highest BCUT2D eigenvalue weighted by Crippen LogP contribution is 2.17. The molecule has 1 fully saturated rings. The predicted molar refractivity (Wildman–Crippen MR) is 62.6 cm³/mol. The Balaban J connectivity index is 2.39. The molecule has 0 aromatic carbocycles. The van der Waals surface area contributed by atoms with Gasteiger partial charge < -0.3 is 5.32 Å². The van der Waals surface area contributed by atoms with E-state index in [-0.39, 0.29) is 0 Å². The minimum Gasteiger partial charge on any atom is -0.312 e. The zero-order valence-corrected chi connectivity index (χ0v) is 10.2. The lowest BCUT2D eigenvalue weighted by molar-refractivity contribution is 0.167. The number of hydrogen-bond donors (Lipinski definition) is 1. The first kappa shape index (κ1) is 12.0. The number of nitrogens with zero attached hydrogens (tertiary/aromatic N) is 1. The van der Waals surface area contributed by atoms with E-state index in [2.05, 4.69) is 37.9 Å². The summed E-state index contributed by atoms with van der Waals surface area (Å²) in [5.41, 5.74) is 0. The third-order valence-corrected chi connectivity index (χ3v) is 3.50. The third kappa shape index (κ3) is 3.25. The van der Waals surface area contributed by atoms with Gasteiger partial charge in [0.05, 0.1) is 0 Å². The summed E-state index contributed by atoms with van der Waals surface area (Å²) in [5.74, 6) is 0.844. The van der Waals surface area contributed by atoms with E-state index < -0.39 is 0 Å². The fraction of sp³-hybridized carbons (Fsp3) is 1.00. The van der Waals surface area contributed by atoms with Crippen molar-refractivity contribution in [3.8, 4) is 0 Å². The van der Waals surface area contributed by atoms with Gasteiger partial charge in [0.1, 0.15) is 0 Å². The molecular weight excluding hydrogens is 172 g/mol. The van der Waals surface area contributed by atoms with E-state index in [1.54, 1.807) is 0 Å². The molecule has 1 heterocycles. The van der Waals surface area contributed by atoms with Gasteiger partial charge in [0, 0.05) is 18.6 Å². The van der Waals surface area contributed by atoms with Gasteiger partial charge in [0.15, 0.2) is 0 Å². The Morgan fingerprint density at radius 2 is 2.14 bits per heavy atom. The largest absolute Gasteiger partial charge is 0.312 e. The molecule has 2 heteroatoms. The smallest absolute Gasteiger partial charge is 0.0220 e. The first-order chi connectivity index (χ1) is 6.65. The molecule has 1 N–H and O–H groups in total. The topological polar surface area (TPSA) is 15.3 Å². The van der Waals surface area contributed by atoms with Gasteiger partial charge >= 0.3 is 0 Å². The summed E-state index contributed by atoms with van der Waals surface area (Å²) in [4.78, 5) is 2.56. The molecule has 1 aliphatic heterocycles. The van der Waals surface area contributed by atoms with Crippen molar-refractivity contribution in [3.05, 3.63) is 0 Å². The van der Waals surface area contributed by atoms with Gasteiger partial charge in [-0.15, -0.1) is 0 Å². The Morgan fingerprint density at radius 3 is 2.64 bits per heavy atom. The van der Waals surface area contributed by atoms with Crippen molar-refractivity contribution in [3.63, 3.8) is 0 Å². The molecule has 2 atom stereocenters. The summed E-state index contributed by atoms with van der Waals surface area (Å²) in [6.45, 7) is 12.8. The van der Waals surface area contributed by atoms with Gasteiger partial charge in [0.2, 0.25) is 0 Å². The van der Waals surface area contributed by atoms with E-state index >= 15 is 0 Å². The summed E-state index contributed by atoms with van der Waals surface area (Å²) in [5, 5.41) is 3.65. The maximum atomic E-state index is 3.65. The normalized spacial score (nSPS) is 28.7. The van der Waals surface area contributed by atoms with Crippen LogP contribution in [0.4, 0.5) is 0 Å². The van der Waals surface area contributed by atoms with Crippen LogP contribution >= 0.6 is 0 Å². The Hall–Kier alpha value is -0.0800. The molecule has 1 saturated heterocycles. The van der Waals surface area contributed by atoms with Crippen molar-refractivity contribution in [1.82, 2.24) is 10.2 Å². The predicted octanol–water partition coefficient (Wildman–Crippen LogP) is 2.10. The fourth-order valence-electron chi connectivity index (χ4n) is 2.32. The van der Waals surface area contributed by atoms with Crippen molar-refractivity contribution in [1.29, 1.82) is 0 Å². The summed E-state index contributed by atoms with van der Waals surface area (Å²) in [6, 6.07) is 1.39. The SMILES string of the molecule is CCN(CC1NCCCC1C)C(C)C. The van der Waals surface area contributed by atoms with Crippen LogP contribution in [0.2, 0.25) is 0 Å². The third-order valence-electron chi connectivity index (χ3n) is 3.50. The number of likely N-dealkylation sites (N-methyl/N-ethyl adjacent to an activating group) is 1. The molecule has 0 spiro atoms. The van der Waals surface area contributed by atoms with E-state index in [0.29, 0.717) is 12.1 Å². The van der Waals surface area contributed by atoms with E-state index in [0.717, 1.165) is 5.92 Å². The maximum Gasteiger partial charge on any atom is 0.0220 e. The Bertz CT molecular complexity index is 156. The Morgan fingerprint density at radius 1 is 1.43 bits per heavy atom. The zero-order chi connectivity index (χ0) is 10.6. The second-order valence-corrected chi connectivity index (χ2v) is 4.86. The molecule has 1 rings (SSSR count). The zero-order valence-electron chi connectivity index (χ0n) is 10.2. The van der Waals surface area contributed by atoms with Crippen LogP contribution in [0.15, 0.2) is 0 Å². The average molecular weight is 198 g/mol. The van der Waals surface area contributed by atoms with Crippen molar-refractivity contribution in [2.75, 3.05) is 19.6 Å². The van der Waals surface area contributed by atoms with Crippen molar-refractivity contribution >= 4 is 0 Å². The van der Waals surface area contributed by atoms with E-state index in [1.807, 2.05) is 0 Å². The minimum absolute atomic E-state index is 0.677. The first-order valence-electron chi connectivity index (χ1n) is 6.12. The van der Waals surface area contributed by atoms with Gasteiger partial charge in [-0.3, -0.25) is 4.90 Å². The van der Waals surface area contributed by atoms with Crippen LogP contribution in [-0.2, 0) is 0 Å². The van der Waals surface area contributed by atoms with Crippen LogP contribution in [-0.4, -0.2) is 36.6 Å². The van der Waals surface area contributed by atoms with E-state index in [9.17, 15) is 0 Å². The van der Waals surface area contributed by atoms with Gasteiger partial charge in [-0.05, 0) is 45.7 Å². The van der Waals surface area contributed by atoms with E-state index in [4.69, 9.17) is 0 Å². The molecule has 1 aliphatic rings. The minimum atomic E-state index is 0.677. The fourth-order valence-corrected chi connectivity index (χ4v) is 2.32. The number of piperidine rings is 1. The number of rotatable bonds is 4. The van der Waals surface area contributed by atoms with Crippen LogP contribution < -0.4 is 5.32 Å². The summed E-state index contributed by atoms with van der Waals surface area (Å²) < 4.78 is 0. The molecule has 0 bridgehead atoms. The van der Waals surface area contributed by atoms with Gasteiger partial charge in [-0.1, -0.05) is 13.8 Å². The Kier molecular flexibility index (Phi) is 4.90. The molecule has 2 unspecified atom stereocenters. The van der Waals surface area contributed by atoms with Crippen molar-refractivity contribution in [2.24, 2.45) is 5.92 Å².